The van der Waals surface area contributed by atoms with Gasteiger partial charge in [-0.25, -0.2) is 0 Å². The first-order valence-electron chi connectivity index (χ1n) is 6.54. The molecule has 1 aromatic carbocycles. The van der Waals surface area contributed by atoms with Gasteiger partial charge in [-0.05, 0) is 60.7 Å². The molecule has 0 saturated carbocycles. The fraction of sp³-hybridized carbons (Fsp3) is 0.312. The Balaban J connectivity index is 1.84. The van der Waals surface area contributed by atoms with Crippen molar-refractivity contribution in [3.63, 3.8) is 0 Å². The first-order valence-corrected chi connectivity index (χ1v) is 6.54. The van der Waals surface area contributed by atoms with Crippen molar-refractivity contribution in [1.82, 2.24) is 10.3 Å². The largest absolute Gasteiger partial charge is 0.313 e. The minimum atomic E-state index is 0.551. The average molecular weight is 238 g/mol. The number of pyridine rings is 1. The Labute approximate surface area is 108 Å². The van der Waals surface area contributed by atoms with Crippen LogP contribution in [-0.2, 0) is 12.8 Å². The smallest absolute Gasteiger partial charge is 0.0323 e. The molecule has 0 fully saturated rings. The van der Waals surface area contributed by atoms with Gasteiger partial charge in [0.25, 0.3) is 0 Å². The van der Waals surface area contributed by atoms with E-state index in [1.165, 1.54) is 35.1 Å². The van der Waals surface area contributed by atoms with Crippen LogP contribution in [-0.4, -0.2) is 12.0 Å². The van der Waals surface area contributed by atoms with Crippen LogP contribution in [0.2, 0.25) is 0 Å². The van der Waals surface area contributed by atoms with Crippen molar-refractivity contribution in [2.45, 2.75) is 25.3 Å². The molecular weight excluding hydrogens is 220 g/mol. The van der Waals surface area contributed by atoms with Crippen LogP contribution >= 0.6 is 0 Å². The number of fused-ring (bicyclic) bond motifs is 1. The molecule has 0 bridgehead atoms. The highest BCUT2D eigenvalue weighted by Crippen LogP contribution is 2.31. The highest BCUT2D eigenvalue weighted by atomic mass is 14.9. The third-order valence-corrected chi connectivity index (χ3v) is 3.79. The number of hydrogen-bond donors (Lipinski definition) is 1. The molecular formula is C16H18N2. The molecule has 0 aliphatic heterocycles. The maximum Gasteiger partial charge on any atom is 0.0323 e. The van der Waals surface area contributed by atoms with E-state index in [4.69, 9.17) is 0 Å². The fourth-order valence-corrected chi connectivity index (χ4v) is 2.82. The number of benzene rings is 1. The van der Waals surface area contributed by atoms with E-state index >= 15 is 0 Å². The zero-order chi connectivity index (χ0) is 12.4. The highest BCUT2D eigenvalue weighted by Gasteiger charge is 2.20. The lowest BCUT2D eigenvalue weighted by molar-refractivity contribution is 0.590. The lowest BCUT2D eigenvalue weighted by Crippen LogP contribution is -2.12. The quantitative estimate of drug-likeness (QED) is 0.889. The second kappa shape index (κ2) is 4.91. The fourth-order valence-electron chi connectivity index (χ4n) is 2.82. The predicted octanol–water partition coefficient (Wildman–Crippen LogP) is 2.88. The lowest BCUT2D eigenvalue weighted by atomic mass is 10.0. The molecule has 1 unspecified atom stereocenters. The van der Waals surface area contributed by atoms with Crippen molar-refractivity contribution >= 4 is 0 Å². The molecule has 1 heterocycles. The zero-order valence-electron chi connectivity index (χ0n) is 10.7. The lowest BCUT2D eigenvalue weighted by Gasteiger charge is -2.10. The third-order valence-electron chi connectivity index (χ3n) is 3.79. The van der Waals surface area contributed by atoms with E-state index in [2.05, 4.69) is 40.6 Å². The normalized spacial score (nSPS) is 17.7. The van der Waals surface area contributed by atoms with Crippen LogP contribution in [0, 0.1) is 0 Å². The average Bonchev–Trinajstić information content (AvgIpc) is 2.82. The molecule has 0 saturated heterocycles. The molecule has 18 heavy (non-hydrogen) atoms. The number of hydrogen-bond acceptors (Lipinski definition) is 2. The van der Waals surface area contributed by atoms with Crippen molar-refractivity contribution < 1.29 is 0 Å². The van der Waals surface area contributed by atoms with E-state index in [1.54, 1.807) is 0 Å². The number of aromatic nitrogens is 1. The van der Waals surface area contributed by atoms with Crippen LogP contribution in [0.3, 0.4) is 0 Å². The second-order valence-corrected chi connectivity index (χ2v) is 4.95. The van der Waals surface area contributed by atoms with E-state index in [9.17, 15) is 0 Å². The molecule has 1 aliphatic rings. The van der Waals surface area contributed by atoms with Gasteiger partial charge in [-0.1, -0.05) is 18.2 Å². The van der Waals surface area contributed by atoms with Gasteiger partial charge in [-0.15, -0.1) is 0 Å². The maximum absolute atomic E-state index is 4.06. The minimum Gasteiger partial charge on any atom is -0.313 e. The number of rotatable bonds is 3. The molecule has 0 radical (unpaired) electrons. The van der Waals surface area contributed by atoms with Gasteiger partial charge in [0.2, 0.25) is 0 Å². The van der Waals surface area contributed by atoms with E-state index in [1.807, 2.05) is 19.4 Å². The van der Waals surface area contributed by atoms with Gasteiger partial charge in [-0.3, -0.25) is 4.98 Å². The number of nitrogens with one attached hydrogen (secondary N) is 1. The molecule has 2 aromatic rings. The van der Waals surface area contributed by atoms with Crippen LogP contribution < -0.4 is 5.32 Å². The standard InChI is InChI=1S/C16H18N2/c1-17-16-5-3-14-11-13(2-4-15(14)16)10-12-6-8-18-9-7-12/h2,4,6-9,11,16-17H,3,5,10H2,1H3. The van der Waals surface area contributed by atoms with Crippen molar-refractivity contribution in [2.24, 2.45) is 0 Å². The van der Waals surface area contributed by atoms with E-state index in [0.29, 0.717) is 6.04 Å². The first kappa shape index (κ1) is 11.4. The van der Waals surface area contributed by atoms with Gasteiger partial charge >= 0.3 is 0 Å². The second-order valence-electron chi connectivity index (χ2n) is 4.95. The Morgan fingerprint density at radius 3 is 2.78 bits per heavy atom. The number of aryl methyl sites for hydroxylation is 1. The van der Waals surface area contributed by atoms with Crippen LogP contribution in [0.25, 0.3) is 0 Å². The molecule has 0 spiro atoms. The third kappa shape index (κ3) is 2.16. The summed E-state index contributed by atoms with van der Waals surface area (Å²) in [5.41, 5.74) is 5.72. The van der Waals surface area contributed by atoms with Crippen LogP contribution in [0.1, 0.15) is 34.7 Å². The summed E-state index contributed by atoms with van der Waals surface area (Å²) >= 11 is 0. The van der Waals surface area contributed by atoms with Gasteiger partial charge in [0.15, 0.2) is 0 Å². The summed E-state index contributed by atoms with van der Waals surface area (Å²) in [6.07, 6.45) is 7.15. The molecule has 1 atom stereocenters. The molecule has 1 N–H and O–H groups in total. The molecule has 1 aromatic heterocycles. The highest BCUT2D eigenvalue weighted by molar-refractivity contribution is 5.39. The van der Waals surface area contributed by atoms with Crippen molar-refractivity contribution in [3.05, 3.63) is 65.0 Å². The van der Waals surface area contributed by atoms with E-state index in [0.717, 1.165) is 6.42 Å². The summed E-state index contributed by atoms with van der Waals surface area (Å²) in [7, 11) is 2.05. The van der Waals surface area contributed by atoms with Crippen molar-refractivity contribution in [3.8, 4) is 0 Å². The Kier molecular flexibility index (Phi) is 3.11. The minimum absolute atomic E-state index is 0.551. The van der Waals surface area contributed by atoms with E-state index < -0.39 is 0 Å². The molecule has 0 amide bonds. The summed E-state index contributed by atoms with van der Waals surface area (Å²) in [4.78, 5) is 4.06. The molecule has 3 rings (SSSR count). The Hall–Kier alpha value is -1.67. The topological polar surface area (TPSA) is 24.9 Å². The Bertz CT molecular complexity index is 534. The summed E-state index contributed by atoms with van der Waals surface area (Å²) in [5, 5.41) is 3.38. The Morgan fingerprint density at radius 2 is 2.00 bits per heavy atom. The monoisotopic (exact) mass is 238 g/mol. The van der Waals surface area contributed by atoms with Gasteiger partial charge in [0.1, 0.15) is 0 Å². The Morgan fingerprint density at radius 1 is 1.17 bits per heavy atom. The summed E-state index contributed by atoms with van der Waals surface area (Å²) in [6.45, 7) is 0. The molecule has 2 nitrogen and oxygen atoms in total. The van der Waals surface area contributed by atoms with Crippen LogP contribution in [0.4, 0.5) is 0 Å². The SMILES string of the molecule is CNC1CCc2cc(Cc3ccncc3)ccc21. The number of nitrogens with zero attached hydrogens (tertiary/aromatic N) is 1. The molecule has 1 aliphatic carbocycles. The molecule has 2 heteroatoms. The first-order chi connectivity index (χ1) is 8.86. The molecule has 92 valence electrons. The summed E-state index contributed by atoms with van der Waals surface area (Å²) in [5.74, 6) is 0. The van der Waals surface area contributed by atoms with E-state index in [-0.39, 0.29) is 0 Å². The summed E-state index contributed by atoms with van der Waals surface area (Å²) < 4.78 is 0. The van der Waals surface area contributed by atoms with Crippen LogP contribution in [0.5, 0.6) is 0 Å². The zero-order valence-corrected chi connectivity index (χ0v) is 10.7. The van der Waals surface area contributed by atoms with Gasteiger partial charge in [0.05, 0.1) is 0 Å². The maximum atomic E-state index is 4.06. The van der Waals surface area contributed by atoms with Crippen LogP contribution in [0.15, 0.2) is 42.7 Å². The van der Waals surface area contributed by atoms with Gasteiger partial charge in [-0.2, -0.15) is 0 Å². The summed E-state index contributed by atoms with van der Waals surface area (Å²) in [6, 6.07) is 11.6. The van der Waals surface area contributed by atoms with Crippen molar-refractivity contribution in [1.29, 1.82) is 0 Å². The predicted molar refractivity (Wildman–Crippen MR) is 73.6 cm³/mol. The van der Waals surface area contributed by atoms with Gasteiger partial charge in [0, 0.05) is 18.4 Å². The van der Waals surface area contributed by atoms with Crippen molar-refractivity contribution in [2.75, 3.05) is 7.05 Å². The van der Waals surface area contributed by atoms with Gasteiger partial charge < -0.3 is 5.32 Å².